The summed E-state index contributed by atoms with van der Waals surface area (Å²) in [5.41, 5.74) is 4.92. The Balaban J connectivity index is 0.000000414. The first-order chi connectivity index (χ1) is 16.5. The number of allylic oxidation sites excluding steroid dienone is 1. The molecule has 0 aromatic carbocycles. The normalized spacial score (nSPS) is 19.8. The maximum atomic E-state index is 12.8. The van der Waals surface area contributed by atoms with Crippen LogP contribution in [0, 0.1) is 13.8 Å². The van der Waals surface area contributed by atoms with Crippen molar-refractivity contribution in [1.29, 1.82) is 0 Å². The van der Waals surface area contributed by atoms with Crippen LogP contribution in [0.4, 0.5) is 0 Å². The van der Waals surface area contributed by atoms with Crippen molar-refractivity contribution >= 4 is 25.3 Å². The first-order valence-electron chi connectivity index (χ1n) is 12.5. The van der Waals surface area contributed by atoms with Crippen LogP contribution in [0.2, 0.25) is 0 Å². The van der Waals surface area contributed by atoms with Crippen molar-refractivity contribution in [3.63, 3.8) is 0 Å². The second kappa shape index (κ2) is 12.3. The minimum Gasteiger partial charge on any atom is -0.370 e. The van der Waals surface area contributed by atoms with Crippen molar-refractivity contribution < 1.29 is 4.79 Å². The number of carbonyl (C=O) groups is 1. The number of hydrogen-bond donors (Lipinski definition) is 1. The second-order valence-electron chi connectivity index (χ2n) is 8.28. The fourth-order valence-corrected chi connectivity index (χ4v) is 5.58. The van der Waals surface area contributed by atoms with Crippen molar-refractivity contribution in [2.24, 2.45) is 0 Å². The third-order valence-corrected chi connectivity index (χ3v) is 7.33. The number of likely N-dealkylation sites (tertiary alicyclic amines) is 1. The molecule has 2 aromatic rings. The van der Waals surface area contributed by atoms with Gasteiger partial charge in [0.15, 0.2) is 0 Å². The van der Waals surface area contributed by atoms with Crippen LogP contribution in [-0.2, 0) is 4.79 Å². The molecule has 0 spiro atoms. The van der Waals surface area contributed by atoms with Gasteiger partial charge in [0, 0.05) is 30.7 Å². The average molecular weight is 483 g/mol. The molecule has 34 heavy (non-hydrogen) atoms. The molecule has 184 valence electrons. The van der Waals surface area contributed by atoms with E-state index in [1.54, 1.807) is 6.08 Å². The number of carbonyl (C=O) groups excluding carboxylic acids is 1. The van der Waals surface area contributed by atoms with Gasteiger partial charge in [-0.3, -0.25) is 9.78 Å². The van der Waals surface area contributed by atoms with E-state index in [1.165, 1.54) is 12.8 Å². The topological polar surface area (TPSA) is 65.8 Å². The third-order valence-electron chi connectivity index (χ3n) is 5.85. The van der Waals surface area contributed by atoms with Crippen LogP contribution in [0.15, 0.2) is 42.4 Å². The van der Waals surface area contributed by atoms with Crippen LogP contribution >= 0.6 is 8.58 Å². The Labute approximate surface area is 205 Å². The molecule has 2 atom stereocenters. The van der Waals surface area contributed by atoms with Crippen LogP contribution in [0.1, 0.15) is 57.6 Å². The van der Waals surface area contributed by atoms with Gasteiger partial charge in [-0.2, -0.15) is 5.10 Å². The van der Waals surface area contributed by atoms with Gasteiger partial charge in [-0.15, -0.1) is 0 Å². The molecule has 2 aromatic heterocycles. The Morgan fingerprint density at radius 1 is 1.15 bits per heavy atom. The van der Waals surface area contributed by atoms with Gasteiger partial charge >= 0.3 is 0 Å². The number of aryl methyl sites for hydroxylation is 2. The Hall–Kier alpha value is -2.50. The minimum absolute atomic E-state index is 0.0397. The van der Waals surface area contributed by atoms with E-state index in [1.807, 2.05) is 55.6 Å². The van der Waals surface area contributed by atoms with Crippen LogP contribution in [0.25, 0.3) is 10.8 Å². The Kier molecular flexibility index (Phi) is 9.43. The number of nitrogens with one attached hydrogen (secondary N) is 1. The lowest BCUT2D eigenvalue weighted by Gasteiger charge is -2.35. The molecule has 3 aliphatic rings. The average Bonchev–Trinajstić information content (AvgIpc) is 3.52. The molecule has 1 N–H and O–H groups in total. The molecule has 1 amide bonds. The molecule has 0 saturated carbocycles. The summed E-state index contributed by atoms with van der Waals surface area (Å²) in [5, 5.41) is 8.83. The summed E-state index contributed by atoms with van der Waals surface area (Å²) in [6, 6.07) is 2.04. The lowest BCUT2D eigenvalue weighted by molar-refractivity contribution is -0.123. The maximum absolute atomic E-state index is 12.8. The molecule has 1 fully saturated rings. The number of rotatable bonds is 4. The van der Waals surface area contributed by atoms with Gasteiger partial charge in [0.05, 0.1) is 40.3 Å². The summed E-state index contributed by atoms with van der Waals surface area (Å²) >= 11 is 0. The van der Waals surface area contributed by atoms with Crippen molar-refractivity contribution in [3.8, 4) is 0 Å². The predicted molar refractivity (Wildman–Crippen MR) is 143 cm³/mol. The first kappa shape index (κ1) is 26.1. The van der Waals surface area contributed by atoms with Gasteiger partial charge in [-0.05, 0) is 51.9 Å². The molecule has 1 saturated heterocycles. The fourth-order valence-electron chi connectivity index (χ4n) is 4.25. The molecular formula is C26H39N6OP. The van der Waals surface area contributed by atoms with E-state index in [9.17, 15) is 4.79 Å². The number of amides is 1. The largest absolute Gasteiger partial charge is 0.370 e. The molecule has 5 heterocycles. The second-order valence-corrected chi connectivity index (χ2v) is 9.70. The molecular weight excluding hydrogens is 443 g/mol. The van der Waals surface area contributed by atoms with Gasteiger partial charge in [0.2, 0.25) is 0 Å². The lowest BCUT2D eigenvalue weighted by atomic mass is 10.2. The standard InChI is InChI=1S/C20H22N5OP.C4H11N.C2H6/c1-13-11-25-17(14(2)21-13)9-16(22-25)18-10-19(26)24-12-15(5-6-20(24)27-18)23-7-3-4-8-23;1-3-5-4-2;1-2/h5-6,9-12,20,27H,3-4,7-8H2,1-2H3;5H,3-4H2,1-2H3;1-2H3. The maximum Gasteiger partial charge on any atom is 0.252 e. The van der Waals surface area contributed by atoms with Crippen LogP contribution in [0.3, 0.4) is 0 Å². The molecule has 2 unspecified atom stereocenters. The van der Waals surface area contributed by atoms with Gasteiger partial charge in [-0.25, -0.2) is 4.52 Å². The summed E-state index contributed by atoms with van der Waals surface area (Å²) in [6.07, 6.45) is 12.5. The lowest BCUT2D eigenvalue weighted by Crippen LogP contribution is -2.37. The van der Waals surface area contributed by atoms with Crippen LogP contribution in [0.5, 0.6) is 0 Å². The van der Waals surface area contributed by atoms with Crippen molar-refractivity contribution in [1.82, 2.24) is 29.7 Å². The highest BCUT2D eigenvalue weighted by Crippen LogP contribution is 2.44. The Bertz CT molecular complexity index is 1080. The molecule has 5 rings (SSSR count). The zero-order valence-corrected chi connectivity index (χ0v) is 22.4. The van der Waals surface area contributed by atoms with E-state index < -0.39 is 0 Å². The van der Waals surface area contributed by atoms with E-state index >= 15 is 0 Å². The number of nitrogens with zero attached hydrogens (tertiary/aromatic N) is 5. The summed E-state index contributed by atoms with van der Waals surface area (Å²) in [6.45, 7) is 16.5. The predicted octanol–water partition coefficient (Wildman–Crippen LogP) is 4.68. The van der Waals surface area contributed by atoms with E-state index in [-0.39, 0.29) is 11.7 Å². The molecule has 3 aliphatic heterocycles. The fraction of sp³-hybridized carbons (Fsp3) is 0.500. The highest BCUT2D eigenvalue weighted by molar-refractivity contribution is 7.51. The summed E-state index contributed by atoms with van der Waals surface area (Å²) in [4.78, 5) is 21.6. The van der Waals surface area contributed by atoms with E-state index in [4.69, 9.17) is 5.10 Å². The third kappa shape index (κ3) is 5.94. The summed E-state index contributed by atoms with van der Waals surface area (Å²) in [7, 11) is 0.485. The molecule has 0 radical (unpaired) electrons. The van der Waals surface area contributed by atoms with Gasteiger partial charge in [-0.1, -0.05) is 42.4 Å². The monoisotopic (exact) mass is 482 g/mol. The molecule has 8 heteroatoms. The Morgan fingerprint density at radius 3 is 2.50 bits per heavy atom. The zero-order chi connectivity index (χ0) is 24.7. The van der Waals surface area contributed by atoms with Crippen molar-refractivity contribution in [2.75, 3.05) is 26.2 Å². The molecule has 0 bridgehead atoms. The first-order valence-corrected chi connectivity index (χ1v) is 13.6. The SMILES string of the molecule is CC.CCNCC.Cc1cn2nc(C3=CC(=O)N4C=C(N5CCCC5)C=CC4P3)cc2c(C)n1. The van der Waals surface area contributed by atoms with E-state index in [0.29, 0.717) is 8.58 Å². The smallest absolute Gasteiger partial charge is 0.252 e. The zero-order valence-electron chi connectivity index (χ0n) is 21.4. The number of aromatic nitrogens is 3. The minimum atomic E-state index is 0.0397. The van der Waals surface area contributed by atoms with Gasteiger partial charge in [0.25, 0.3) is 5.91 Å². The van der Waals surface area contributed by atoms with Crippen LogP contribution < -0.4 is 5.32 Å². The number of hydrogen-bond acceptors (Lipinski definition) is 5. The van der Waals surface area contributed by atoms with Crippen molar-refractivity contribution in [2.45, 2.75) is 60.2 Å². The molecule has 0 aliphatic carbocycles. The Morgan fingerprint density at radius 2 is 1.85 bits per heavy atom. The van der Waals surface area contributed by atoms with E-state index in [2.05, 4.69) is 41.2 Å². The summed E-state index contributed by atoms with van der Waals surface area (Å²) < 4.78 is 1.87. The highest BCUT2D eigenvalue weighted by Gasteiger charge is 2.30. The highest BCUT2D eigenvalue weighted by atomic mass is 31.1. The number of fused-ring (bicyclic) bond motifs is 2. The van der Waals surface area contributed by atoms with E-state index in [0.717, 1.165) is 59.8 Å². The van der Waals surface area contributed by atoms with Gasteiger partial charge in [0.1, 0.15) is 0 Å². The summed E-state index contributed by atoms with van der Waals surface area (Å²) in [5.74, 6) is 0.132. The van der Waals surface area contributed by atoms with Gasteiger partial charge < -0.3 is 15.1 Å². The van der Waals surface area contributed by atoms with Crippen molar-refractivity contribution in [3.05, 3.63) is 59.5 Å². The van der Waals surface area contributed by atoms with Crippen LogP contribution in [-0.4, -0.2) is 62.3 Å². The quantitative estimate of drug-likeness (QED) is 0.641. The molecule has 7 nitrogen and oxygen atoms in total.